The zero-order chi connectivity index (χ0) is 24.3. The average Bonchev–Trinajstić information content (AvgIpc) is 2.73. The van der Waals surface area contributed by atoms with Crippen LogP contribution in [0.3, 0.4) is 0 Å². The summed E-state index contributed by atoms with van der Waals surface area (Å²) in [5.41, 5.74) is -1.17. The van der Waals surface area contributed by atoms with Gasteiger partial charge in [0.2, 0.25) is 5.91 Å². The molecule has 0 bridgehead atoms. The Morgan fingerprint density at radius 3 is 2.42 bits per heavy atom. The molecule has 2 aromatic rings. The van der Waals surface area contributed by atoms with Crippen LogP contribution in [-0.2, 0) is 27.0 Å². The molecule has 174 valence electrons. The number of rotatable bonds is 6. The molecule has 0 aromatic heterocycles. The summed E-state index contributed by atoms with van der Waals surface area (Å²) >= 11 is 0. The van der Waals surface area contributed by atoms with Crippen molar-refractivity contribution in [3.8, 4) is 0 Å². The normalized spacial score (nSPS) is 16.7. The third-order valence-electron chi connectivity index (χ3n) is 5.28. The van der Waals surface area contributed by atoms with Gasteiger partial charge in [-0.1, -0.05) is 30.9 Å². The number of nitrogens with zero attached hydrogens (tertiary/aromatic N) is 1. The van der Waals surface area contributed by atoms with Crippen LogP contribution in [0.1, 0.15) is 36.0 Å². The summed E-state index contributed by atoms with van der Waals surface area (Å²) in [6.07, 6.45) is -3.87. The van der Waals surface area contributed by atoms with Crippen LogP contribution in [-0.4, -0.2) is 23.4 Å². The Morgan fingerprint density at radius 2 is 1.82 bits per heavy atom. The average molecular weight is 465 g/mol. The zero-order valence-electron chi connectivity index (χ0n) is 17.6. The molecule has 0 saturated heterocycles. The monoisotopic (exact) mass is 465 g/mol. The largest absolute Gasteiger partial charge is 0.458 e. The maximum absolute atomic E-state index is 13.7. The lowest BCUT2D eigenvalue weighted by Crippen LogP contribution is -2.38. The van der Waals surface area contributed by atoms with Gasteiger partial charge in [-0.3, -0.25) is 4.79 Å². The highest BCUT2D eigenvalue weighted by molar-refractivity contribution is 5.96. The third kappa shape index (κ3) is 5.30. The van der Waals surface area contributed by atoms with Gasteiger partial charge in [-0.25, -0.2) is 13.6 Å². The third-order valence-corrected chi connectivity index (χ3v) is 5.28. The smallest absolute Gasteiger partial charge is 0.416 e. The van der Waals surface area contributed by atoms with Crippen molar-refractivity contribution in [1.29, 1.82) is 0 Å². The Morgan fingerprint density at radius 1 is 1.18 bits per heavy atom. The minimum atomic E-state index is -4.71. The Kier molecular flexibility index (Phi) is 7.00. The highest BCUT2D eigenvalue weighted by Gasteiger charge is 2.42. The number of halogens is 5. The number of carbonyl (C=O) groups excluding carboxylic acids is 2. The molecule has 0 saturated carbocycles. The first-order valence-corrected chi connectivity index (χ1v) is 9.93. The molecular formula is C24H20F5NO3. The Balaban J connectivity index is 2.12. The number of carbonyl (C=O) groups is 2. The minimum Gasteiger partial charge on any atom is -0.458 e. The van der Waals surface area contributed by atoms with Crippen LogP contribution in [0.4, 0.5) is 22.0 Å². The summed E-state index contributed by atoms with van der Waals surface area (Å²) in [5.74, 6) is -4.41. The number of hydrogen-bond donors (Lipinski definition) is 0. The molecule has 1 aliphatic rings. The van der Waals surface area contributed by atoms with Gasteiger partial charge in [-0.2, -0.15) is 13.2 Å². The van der Waals surface area contributed by atoms with Crippen molar-refractivity contribution in [3.05, 3.63) is 94.7 Å². The molecule has 1 aliphatic heterocycles. The molecule has 3 rings (SSSR count). The van der Waals surface area contributed by atoms with Gasteiger partial charge in [0.1, 0.15) is 18.2 Å². The molecule has 0 N–H and O–H groups in total. The van der Waals surface area contributed by atoms with E-state index in [-0.39, 0.29) is 35.5 Å². The predicted octanol–water partition coefficient (Wildman–Crippen LogP) is 5.50. The second-order valence-electron chi connectivity index (χ2n) is 7.49. The molecule has 0 spiro atoms. The molecule has 1 heterocycles. The van der Waals surface area contributed by atoms with E-state index in [0.29, 0.717) is 6.07 Å². The van der Waals surface area contributed by atoms with Gasteiger partial charge in [-0.05, 0) is 36.2 Å². The summed E-state index contributed by atoms with van der Waals surface area (Å²) in [4.78, 5) is 26.9. The van der Waals surface area contributed by atoms with E-state index in [2.05, 4.69) is 6.58 Å². The van der Waals surface area contributed by atoms with Crippen molar-refractivity contribution < 1.29 is 36.3 Å². The standard InChI is InChI=1S/C24H20F5NO3/c1-3-8-33-23(32)22-14(2)30(13-15-9-16(25)11-17(26)10-15)21(31)12-19(22)18-6-4-5-7-20(18)24(27,28)29/h3-7,9-11,19H,1,8,12-13H2,2H3/t19-/m1/s1. The SMILES string of the molecule is C=CCOC(=O)C1=C(C)N(Cc2cc(F)cc(F)c2)C(=O)C[C@@H]1c1ccccc1C(F)(F)F. The van der Waals surface area contributed by atoms with Gasteiger partial charge in [0.15, 0.2) is 0 Å². The lowest BCUT2D eigenvalue weighted by molar-refractivity contribution is -0.142. The molecule has 0 fully saturated rings. The van der Waals surface area contributed by atoms with E-state index in [1.165, 1.54) is 31.2 Å². The van der Waals surface area contributed by atoms with Crippen molar-refractivity contribution in [2.24, 2.45) is 0 Å². The quantitative estimate of drug-likeness (QED) is 0.322. The molecule has 1 atom stereocenters. The van der Waals surface area contributed by atoms with Crippen LogP contribution in [0.2, 0.25) is 0 Å². The molecule has 2 aromatic carbocycles. The van der Waals surface area contributed by atoms with E-state index in [4.69, 9.17) is 4.74 Å². The topological polar surface area (TPSA) is 46.6 Å². The van der Waals surface area contributed by atoms with Gasteiger partial charge in [0.25, 0.3) is 0 Å². The van der Waals surface area contributed by atoms with Crippen LogP contribution in [0.5, 0.6) is 0 Å². The summed E-state index contributed by atoms with van der Waals surface area (Å²) in [7, 11) is 0. The second-order valence-corrected chi connectivity index (χ2v) is 7.49. The highest BCUT2D eigenvalue weighted by atomic mass is 19.4. The lowest BCUT2D eigenvalue weighted by atomic mass is 9.81. The van der Waals surface area contributed by atoms with Crippen LogP contribution in [0.25, 0.3) is 0 Å². The van der Waals surface area contributed by atoms with Gasteiger partial charge in [0.05, 0.1) is 17.7 Å². The Bertz CT molecular complexity index is 1100. The summed E-state index contributed by atoms with van der Waals surface area (Å²) in [5, 5.41) is 0. The van der Waals surface area contributed by atoms with Crippen molar-refractivity contribution in [3.63, 3.8) is 0 Å². The number of ether oxygens (including phenoxy) is 1. The number of amides is 1. The van der Waals surface area contributed by atoms with E-state index in [0.717, 1.165) is 23.1 Å². The lowest BCUT2D eigenvalue weighted by Gasteiger charge is -2.35. The van der Waals surface area contributed by atoms with E-state index in [1.54, 1.807) is 0 Å². The minimum absolute atomic E-state index is 0.0481. The van der Waals surface area contributed by atoms with Gasteiger partial charge < -0.3 is 9.64 Å². The molecule has 4 nitrogen and oxygen atoms in total. The van der Waals surface area contributed by atoms with E-state index < -0.39 is 47.6 Å². The number of alkyl halides is 3. The molecule has 0 aliphatic carbocycles. The van der Waals surface area contributed by atoms with E-state index in [1.807, 2.05) is 0 Å². The second kappa shape index (κ2) is 9.56. The highest BCUT2D eigenvalue weighted by Crippen LogP contribution is 2.43. The maximum atomic E-state index is 13.7. The summed E-state index contributed by atoms with van der Waals surface area (Å²) in [6.45, 7) is 4.37. The first-order valence-electron chi connectivity index (χ1n) is 9.93. The van der Waals surface area contributed by atoms with Crippen molar-refractivity contribution in [2.45, 2.75) is 32.0 Å². The van der Waals surface area contributed by atoms with Gasteiger partial charge >= 0.3 is 12.1 Å². The van der Waals surface area contributed by atoms with Crippen molar-refractivity contribution in [1.82, 2.24) is 4.90 Å². The molecular weight excluding hydrogens is 445 g/mol. The van der Waals surface area contributed by atoms with Crippen LogP contribution >= 0.6 is 0 Å². The summed E-state index contributed by atoms with van der Waals surface area (Å²) < 4.78 is 73.3. The Hall–Kier alpha value is -3.49. The molecule has 1 amide bonds. The number of benzene rings is 2. The van der Waals surface area contributed by atoms with Crippen LogP contribution in [0, 0.1) is 11.6 Å². The zero-order valence-corrected chi connectivity index (χ0v) is 17.6. The fourth-order valence-corrected chi connectivity index (χ4v) is 3.89. The fourth-order valence-electron chi connectivity index (χ4n) is 3.89. The van der Waals surface area contributed by atoms with Crippen LogP contribution < -0.4 is 0 Å². The van der Waals surface area contributed by atoms with E-state index in [9.17, 15) is 31.5 Å². The Labute approximate surface area is 187 Å². The van der Waals surface area contributed by atoms with Gasteiger partial charge in [0, 0.05) is 24.1 Å². The van der Waals surface area contributed by atoms with Gasteiger partial charge in [-0.15, -0.1) is 0 Å². The molecule has 0 radical (unpaired) electrons. The first-order chi connectivity index (χ1) is 15.5. The number of esters is 1. The number of hydrogen-bond acceptors (Lipinski definition) is 3. The molecule has 33 heavy (non-hydrogen) atoms. The first kappa shape index (κ1) is 24.2. The fraction of sp³-hybridized carbons (Fsp3) is 0.250. The van der Waals surface area contributed by atoms with Crippen molar-refractivity contribution in [2.75, 3.05) is 6.61 Å². The van der Waals surface area contributed by atoms with E-state index >= 15 is 0 Å². The molecule has 0 unspecified atom stereocenters. The van der Waals surface area contributed by atoms with Crippen molar-refractivity contribution >= 4 is 11.9 Å². The van der Waals surface area contributed by atoms with Crippen LogP contribution in [0.15, 0.2) is 66.4 Å². The predicted molar refractivity (Wildman–Crippen MR) is 110 cm³/mol. The number of allylic oxidation sites excluding steroid dienone is 1. The summed E-state index contributed by atoms with van der Waals surface area (Å²) in [6, 6.07) is 7.43. The maximum Gasteiger partial charge on any atom is 0.416 e. The molecule has 9 heteroatoms.